The summed E-state index contributed by atoms with van der Waals surface area (Å²) in [6, 6.07) is 5.63. The number of ether oxygens (including phenoxy) is 5. The molecule has 15 heteroatoms. The Hall–Kier alpha value is -4.86. The summed E-state index contributed by atoms with van der Waals surface area (Å²) in [4.78, 5) is 34.4. The van der Waals surface area contributed by atoms with Crippen molar-refractivity contribution < 1.29 is 42.4 Å². The fourth-order valence-electron chi connectivity index (χ4n) is 9.28. The summed E-state index contributed by atoms with van der Waals surface area (Å²) in [7, 11) is 1.51. The van der Waals surface area contributed by atoms with Crippen LogP contribution in [-0.2, 0) is 15.9 Å². The molecular formula is C43H50F2N6O7. The van der Waals surface area contributed by atoms with Crippen molar-refractivity contribution in [3.8, 4) is 28.9 Å². The van der Waals surface area contributed by atoms with Crippen LogP contribution in [0.25, 0.3) is 32.9 Å². The van der Waals surface area contributed by atoms with E-state index in [2.05, 4.69) is 15.9 Å². The van der Waals surface area contributed by atoms with E-state index in [-0.39, 0.29) is 78.8 Å². The number of rotatable bonds is 11. The van der Waals surface area contributed by atoms with Crippen LogP contribution in [0.15, 0.2) is 36.4 Å². The molecule has 3 fully saturated rings. The van der Waals surface area contributed by atoms with Gasteiger partial charge in [-0.2, -0.15) is 9.97 Å². The lowest BCUT2D eigenvalue weighted by Crippen LogP contribution is -2.63. The van der Waals surface area contributed by atoms with Crippen molar-refractivity contribution >= 4 is 33.6 Å². The van der Waals surface area contributed by atoms with Crippen LogP contribution in [-0.4, -0.2) is 119 Å². The summed E-state index contributed by atoms with van der Waals surface area (Å²) < 4.78 is 63.0. The molecule has 2 bridgehead atoms. The van der Waals surface area contributed by atoms with Crippen molar-refractivity contribution in [2.75, 3.05) is 58.3 Å². The number of fused-ring (bicyclic) bond motifs is 6. The number of halogens is 2. The smallest absolute Gasteiger partial charge is 0.410 e. The number of methoxy groups -OCH3 is 1. The number of hydrogen-bond donors (Lipinski definition) is 1. The van der Waals surface area contributed by atoms with Crippen LogP contribution < -0.4 is 19.1 Å². The second kappa shape index (κ2) is 14.8. The van der Waals surface area contributed by atoms with Gasteiger partial charge in [0.2, 0.25) is 5.88 Å². The summed E-state index contributed by atoms with van der Waals surface area (Å²) in [5.74, 6) is -0.213. The molecule has 308 valence electrons. The molecule has 2 aromatic heterocycles. The lowest BCUT2D eigenvalue weighted by molar-refractivity contribution is 0.00537. The van der Waals surface area contributed by atoms with Gasteiger partial charge in [-0.05, 0) is 87.4 Å². The number of amides is 1. The normalized spacial score (nSPS) is 23.2. The maximum atomic E-state index is 17.6. The Morgan fingerprint density at radius 3 is 2.64 bits per heavy atom. The Morgan fingerprint density at radius 2 is 1.90 bits per heavy atom. The number of benzene rings is 2. The zero-order valence-electron chi connectivity index (χ0n) is 33.6. The van der Waals surface area contributed by atoms with Gasteiger partial charge in [0.15, 0.2) is 12.6 Å². The standard InChI is InChI=1S/C43H50F2N6O7/c1-6-28-30(44)11-9-24-16-27(57-23-54-5)17-29(33(24)28)36-35(45)37-34-38(48-40(47-37)56-22-43(13-14-43)21-49-15-7-8-26(49)19-52)50-18-25-10-12-31(32(50)20-55-39(34)46-36)51(25)41(53)58-42(2,3)4/h7-9,11,16-17,25-26,31-32,52H,6,10,12-15,18-23H2,1-5H3. The Balaban J connectivity index is 1.17. The molecule has 2 aromatic carbocycles. The van der Waals surface area contributed by atoms with E-state index in [4.69, 9.17) is 38.6 Å². The second-order valence-electron chi connectivity index (χ2n) is 17.2. The van der Waals surface area contributed by atoms with Crippen LogP contribution in [0, 0.1) is 17.0 Å². The third-order valence-electron chi connectivity index (χ3n) is 12.2. The number of aliphatic hydroxyl groups excluding tert-OH is 1. The average molecular weight is 801 g/mol. The van der Waals surface area contributed by atoms with Crippen LogP contribution in [0.2, 0.25) is 0 Å². The summed E-state index contributed by atoms with van der Waals surface area (Å²) in [6.45, 7) is 9.72. The molecule has 4 aromatic rings. The molecule has 2 saturated heterocycles. The Morgan fingerprint density at radius 1 is 1.07 bits per heavy atom. The number of aromatic nitrogens is 3. The van der Waals surface area contributed by atoms with Crippen molar-refractivity contribution in [1.82, 2.24) is 24.8 Å². The highest BCUT2D eigenvalue weighted by Gasteiger charge is 2.52. The molecule has 9 rings (SSSR count). The van der Waals surface area contributed by atoms with Gasteiger partial charge in [-0.1, -0.05) is 25.1 Å². The molecule has 4 atom stereocenters. The van der Waals surface area contributed by atoms with Gasteiger partial charge in [0.05, 0.1) is 37.4 Å². The van der Waals surface area contributed by atoms with E-state index in [1.54, 1.807) is 18.2 Å². The second-order valence-corrected chi connectivity index (χ2v) is 17.2. The number of piperazine rings is 1. The van der Waals surface area contributed by atoms with Crippen LogP contribution in [0.4, 0.5) is 19.4 Å². The van der Waals surface area contributed by atoms with Gasteiger partial charge < -0.3 is 33.7 Å². The molecule has 4 aliphatic heterocycles. The molecule has 5 aliphatic rings. The SMILES string of the molecule is CCc1c(F)ccc2cc(OCOC)cc(-c3nc4c5c(nc(OCC6(CN7CC=CC7CO)CC6)nc5c3F)N3CC5CCC(C3CO4)N5C(=O)OC(C)(C)C)c12. The lowest BCUT2D eigenvalue weighted by Gasteiger charge is -2.46. The molecule has 13 nitrogen and oxygen atoms in total. The van der Waals surface area contributed by atoms with Crippen molar-refractivity contribution in [1.29, 1.82) is 0 Å². The Kier molecular flexibility index (Phi) is 9.83. The van der Waals surface area contributed by atoms with Crippen LogP contribution in [0.3, 0.4) is 0 Å². The molecule has 1 aliphatic carbocycles. The summed E-state index contributed by atoms with van der Waals surface area (Å²) in [5, 5.41) is 11.4. The number of pyridine rings is 1. The predicted molar refractivity (Wildman–Crippen MR) is 212 cm³/mol. The van der Waals surface area contributed by atoms with Crippen molar-refractivity contribution in [3.05, 3.63) is 53.6 Å². The number of aryl methyl sites for hydroxylation is 1. The number of anilines is 1. The fraction of sp³-hybridized carbons (Fsp3) is 0.535. The van der Waals surface area contributed by atoms with E-state index in [9.17, 15) is 9.90 Å². The summed E-state index contributed by atoms with van der Waals surface area (Å²) in [6.07, 6.45) is 7.42. The highest BCUT2D eigenvalue weighted by atomic mass is 19.1. The zero-order valence-corrected chi connectivity index (χ0v) is 33.6. The van der Waals surface area contributed by atoms with E-state index < -0.39 is 17.2 Å². The first-order valence-electron chi connectivity index (χ1n) is 20.2. The number of nitrogens with zero attached hydrogens (tertiary/aromatic N) is 6. The first-order chi connectivity index (χ1) is 27.9. The number of aliphatic hydroxyl groups is 1. The average Bonchev–Trinajstić information content (AvgIpc) is 3.73. The van der Waals surface area contributed by atoms with Gasteiger partial charge >= 0.3 is 12.1 Å². The van der Waals surface area contributed by atoms with Crippen LogP contribution >= 0.6 is 0 Å². The maximum absolute atomic E-state index is 17.6. The first-order valence-corrected chi connectivity index (χ1v) is 20.2. The minimum atomic E-state index is -0.740. The van der Waals surface area contributed by atoms with Gasteiger partial charge in [0.25, 0.3) is 0 Å². The molecule has 6 heterocycles. The first kappa shape index (κ1) is 38.6. The minimum absolute atomic E-state index is 0.0129. The summed E-state index contributed by atoms with van der Waals surface area (Å²) in [5.41, 5.74) is -0.236. The molecular weight excluding hydrogens is 751 g/mol. The quantitative estimate of drug-likeness (QED) is 0.133. The number of hydrogen-bond acceptors (Lipinski definition) is 12. The lowest BCUT2D eigenvalue weighted by atomic mass is 9.94. The number of carbonyl (C=O) groups is 1. The van der Waals surface area contributed by atoms with Gasteiger partial charge in [-0.25, -0.2) is 18.6 Å². The number of carbonyl (C=O) groups excluding carboxylic acids is 1. The van der Waals surface area contributed by atoms with E-state index >= 15 is 8.78 Å². The van der Waals surface area contributed by atoms with Crippen molar-refractivity contribution in [2.45, 2.75) is 89.6 Å². The van der Waals surface area contributed by atoms with Crippen molar-refractivity contribution in [3.63, 3.8) is 0 Å². The summed E-state index contributed by atoms with van der Waals surface area (Å²) >= 11 is 0. The topological polar surface area (TPSA) is 132 Å². The molecule has 0 radical (unpaired) electrons. The monoisotopic (exact) mass is 800 g/mol. The molecule has 1 amide bonds. The van der Waals surface area contributed by atoms with Gasteiger partial charge in [0, 0.05) is 37.7 Å². The Bertz CT molecular complexity index is 2300. The van der Waals surface area contributed by atoms with Crippen molar-refractivity contribution in [2.24, 2.45) is 5.41 Å². The molecule has 1 N–H and O–H groups in total. The maximum Gasteiger partial charge on any atom is 0.410 e. The highest BCUT2D eigenvalue weighted by molar-refractivity contribution is 6.03. The molecule has 1 saturated carbocycles. The van der Waals surface area contributed by atoms with E-state index in [1.165, 1.54) is 13.2 Å². The fourth-order valence-corrected chi connectivity index (χ4v) is 9.28. The largest absolute Gasteiger partial charge is 0.475 e. The minimum Gasteiger partial charge on any atom is -0.475 e. The van der Waals surface area contributed by atoms with E-state index in [0.717, 1.165) is 38.8 Å². The Labute approximate surface area is 335 Å². The molecule has 0 spiro atoms. The highest BCUT2D eigenvalue weighted by Crippen LogP contribution is 2.49. The molecule has 58 heavy (non-hydrogen) atoms. The van der Waals surface area contributed by atoms with Crippen LogP contribution in [0.1, 0.15) is 58.9 Å². The predicted octanol–water partition coefficient (Wildman–Crippen LogP) is 6.41. The zero-order chi connectivity index (χ0) is 40.5. The van der Waals surface area contributed by atoms with Gasteiger partial charge in [-0.15, -0.1) is 0 Å². The molecule has 4 unspecified atom stereocenters. The van der Waals surface area contributed by atoms with E-state index in [0.29, 0.717) is 58.4 Å². The van der Waals surface area contributed by atoms with Gasteiger partial charge in [-0.3, -0.25) is 9.80 Å². The van der Waals surface area contributed by atoms with E-state index in [1.807, 2.05) is 38.7 Å². The van der Waals surface area contributed by atoms with Gasteiger partial charge in [0.1, 0.15) is 46.2 Å². The third-order valence-corrected chi connectivity index (χ3v) is 12.2. The third kappa shape index (κ3) is 6.84. The van der Waals surface area contributed by atoms with Crippen LogP contribution in [0.5, 0.6) is 17.6 Å².